The maximum absolute atomic E-state index is 13.3. The Morgan fingerprint density at radius 2 is 1.85 bits per heavy atom. The van der Waals surface area contributed by atoms with Crippen LogP contribution in [0.25, 0.3) is 11.0 Å². The minimum Gasteiger partial charge on any atom is -0.340 e. The summed E-state index contributed by atoms with van der Waals surface area (Å²) in [5.41, 5.74) is 2.13. The van der Waals surface area contributed by atoms with Crippen molar-refractivity contribution in [2.45, 2.75) is 6.54 Å². The molecule has 0 aliphatic rings. The number of hydrogen-bond acceptors (Lipinski definition) is 4. The average Bonchev–Trinajstić information content (AvgIpc) is 2.65. The predicted octanol–water partition coefficient (Wildman–Crippen LogP) is 3.72. The molecule has 0 bridgehead atoms. The van der Waals surface area contributed by atoms with Crippen molar-refractivity contribution in [3.8, 4) is 0 Å². The van der Waals surface area contributed by atoms with Crippen molar-refractivity contribution in [1.29, 1.82) is 0 Å². The van der Waals surface area contributed by atoms with Crippen molar-refractivity contribution < 1.29 is 4.39 Å². The van der Waals surface area contributed by atoms with Crippen LogP contribution in [0.2, 0.25) is 0 Å². The second-order valence-corrected chi connectivity index (χ2v) is 5.86. The number of fused-ring (bicyclic) bond motifs is 1. The highest BCUT2D eigenvalue weighted by atomic mass is 19.1. The van der Waals surface area contributed by atoms with E-state index in [1.165, 1.54) is 23.0 Å². The molecule has 0 spiro atoms. The maximum atomic E-state index is 13.3. The molecule has 0 aliphatic heterocycles. The van der Waals surface area contributed by atoms with Gasteiger partial charge in [0.05, 0.1) is 18.4 Å². The number of anilines is 2. The Balaban J connectivity index is 1.70. The van der Waals surface area contributed by atoms with Crippen molar-refractivity contribution >= 4 is 22.5 Å². The van der Waals surface area contributed by atoms with E-state index >= 15 is 0 Å². The lowest BCUT2D eigenvalue weighted by Crippen LogP contribution is -2.22. The van der Waals surface area contributed by atoms with Gasteiger partial charge in [0.1, 0.15) is 11.6 Å². The first-order valence-corrected chi connectivity index (χ1v) is 8.12. The lowest BCUT2D eigenvalue weighted by atomic mass is 10.2. The Kier molecular flexibility index (Phi) is 4.15. The van der Waals surface area contributed by atoms with Gasteiger partial charge in [0, 0.05) is 5.69 Å². The molecular formula is C20H15FN4O. The number of hydrogen-bond donors (Lipinski definition) is 1. The second-order valence-electron chi connectivity index (χ2n) is 5.86. The second kappa shape index (κ2) is 6.76. The highest BCUT2D eigenvalue weighted by Crippen LogP contribution is 2.17. The van der Waals surface area contributed by atoms with Gasteiger partial charge >= 0.3 is 0 Å². The predicted molar refractivity (Wildman–Crippen MR) is 99.0 cm³/mol. The average molecular weight is 346 g/mol. The van der Waals surface area contributed by atoms with Crippen LogP contribution in [0.3, 0.4) is 0 Å². The molecule has 0 aliphatic carbocycles. The molecule has 0 saturated heterocycles. The van der Waals surface area contributed by atoms with E-state index in [1.807, 2.05) is 30.3 Å². The molecule has 0 radical (unpaired) electrons. The van der Waals surface area contributed by atoms with E-state index in [-0.39, 0.29) is 16.9 Å². The molecule has 4 aromatic rings. The van der Waals surface area contributed by atoms with E-state index in [0.29, 0.717) is 23.6 Å². The van der Waals surface area contributed by atoms with Gasteiger partial charge in [-0.25, -0.2) is 14.4 Å². The topological polar surface area (TPSA) is 59.8 Å². The third kappa shape index (κ3) is 3.30. The molecule has 4 rings (SSSR count). The molecule has 1 N–H and O–H groups in total. The van der Waals surface area contributed by atoms with Crippen LogP contribution in [-0.2, 0) is 6.54 Å². The van der Waals surface area contributed by atoms with E-state index in [4.69, 9.17) is 0 Å². The normalized spacial score (nSPS) is 10.8. The summed E-state index contributed by atoms with van der Waals surface area (Å²) in [4.78, 5) is 21.4. The first kappa shape index (κ1) is 16.0. The first-order chi connectivity index (χ1) is 12.7. The van der Waals surface area contributed by atoms with Gasteiger partial charge in [-0.2, -0.15) is 0 Å². The molecular weight excluding hydrogens is 331 g/mol. The van der Waals surface area contributed by atoms with Gasteiger partial charge in [-0.3, -0.25) is 9.36 Å². The number of pyridine rings is 1. The summed E-state index contributed by atoms with van der Waals surface area (Å²) in [5.74, 6) is 0.113. The quantitative estimate of drug-likeness (QED) is 0.612. The molecule has 6 heteroatoms. The highest BCUT2D eigenvalue weighted by molar-refractivity contribution is 5.75. The molecule has 0 saturated carbocycles. The SMILES string of the molecule is O=c1c2nc(Nc3cccc(F)c3)ccc2ncn1Cc1ccccc1. The zero-order valence-electron chi connectivity index (χ0n) is 13.8. The summed E-state index contributed by atoms with van der Waals surface area (Å²) >= 11 is 0. The molecule has 0 fully saturated rings. The third-order valence-corrected chi connectivity index (χ3v) is 3.97. The molecule has 2 aromatic carbocycles. The van der Waals surface area contributed by atoms with Gasteiger partial charge in [0.15, 0.2) is 5.52 Å². The van der Waals surface area contributed by atoms with Gasteiger partial charge in [-0.05, 0) is 35.9 Å². The fourth-order valence-corrected chi connectivity index (χ4v) is 2.71. The lowest BCUT2D eigenvalue weighted by Gasteiger charge is -2.09. The standard InChI is InChI=1S/C20H15FN4O/c21-15-7-4-8-16(11-15)23-18-10-9-17-19(24-18)20(26)25(13-22-17)12-14-5-2-1-3-6-14/h1-11,13H,12H2,(H,23,24). The van der Waals surface area contributed by atoms with Crippen LogP contribution >= 0.6 is 0 Å². The van der Waals surface area contributed by atoms with Crippen LogP contribution in [0.1, 0.15) is 5.56 Å². The number of aromatic nitrogens is 3. The summed E-state index contributed by atoms with van der Waals surface area (Å²) in [6.45, 7) is 0.422. The number of benzene rings is 2. The third-order valence-electron chi connectivity index (χ3n) is 3.97. The number of halogens is 1. The van der Waals surface area contributed by atoms with Gasteiger partial charge in [-0.1, -0.05) is 36.4 Å². The Hall–Kier alpha value is -3.54. The number of rotatable bonds is 4. The van der Waals surface area contributed by atoms with E-state index in [9.17, 15) is 9.18 Å². The van der Waals surface area contributed by atoms with Crippen LogP contribution < -0.4 is 10.9 Å². The maximum Gasteiger partial charge on any atom is 0.280 e. The molecule has 0 unspecified atom stereocenters. The molecule has 2 heterocycles. The van der Waals surface area contributed by atoms with Crippen molar-refractivity contribution in [3.63, 3.8) is 0 Å². The van der Waals surface area contributed by atoms with Gasteiger partial charge < -0.3 is 5.32 Å². The van der Waals surface area contributed by atoms with Crippen LogP contribution in [0.5, 0.6) is 0 Å². The molecule has 2 aromatic heterocycles. The van der Waals surface area contributed by atoms with Crippen LogP contribution in [-0.4, -0.2) is 14.5 Å². The lowest BCUT2D eigenvalue weighted by molar-refractivity contribution is 0.628. The molecule has 128 valence electrons. The van der Waals surface area contributed by atoms with Crippen molar-refractivity contribution in [2.24, 2.45) is 0 Å². The summed E-state index contributed by atoms with van der Waals surface area (Å²) in [7, 11) is 0. The Morgan fingerprint density at radius 3 is 2.65 bits per heavy atom. The van der Waals surface area contributed by atoms with Crippen molar-refractivity contribution in [2.75, 3.05) is 5.32 Å². The Morgan fingerprint density at radius 1 is 1.00 bits per heavy atom. The number of nitrogens with one attached hydrogen (secondary N) is 1. The monoisotopic (exact) mass is 346 g/mol. The largest absolute Gasteiger partial charge is 0.340 e. The Bertz CT molecular complexity index is 1130. The molecule has 5 nitrogen and oxygen atoms in total. The fraction of sp³-hybridized carbons (Fsp3) is 0.0500. The highest BCUT2D eigenvalue weighted by Gasteiger charge is 2.08. The molecule has 26 heavy (non-hydrogen) atoms. The van der Waals surface area contributed by atoms with E-state index in [0.717, 1.165) is 5.56 Å². The first-order valence-electron chi connectivity index (χ1n) is 8.12. The number of nitrogens with zero attached hydrogens (tertiary/aromatic N) is 3. The van der Waals surface area contributed by atoms with Gasteiger partial charge in [0.25, 0.3) is 5.56 Å². The van der Waals surface area contributed by atoms with Crippen molar-refractivity contribution in [1.82, 2.24) is 14.5 Å². The fourth-order valence-electron chi connectivity index (χ4n) is 2.71. The Labute approximate surface area is 148 Å². The minimum atomic E-state index is -0.345. The van der Waals surface area contributed by atoms with Crippen molar-refractivity contribution in [3.05, 3.63) is 94.8 Å². The van der Waals surface area contributed by atoms with E-state index in [2.05, 4.69) is 15.3 Å². The summed E-state index contributed by atoms with van der Waals surface area (Å²) < 4.78 is 14.8. The van der Waals surface area contributed by atoms with E-state index < -0.39 is 0 Å². The van der Waals surface area contributed by atoms with Crippen LogP contribution in [0.4, 0.5) is 15.9 Å². The van der Waals surface area contributed by atoms with Crippen LogP contribution in [0, 0.1) is 5.82 Å². The summed E-state index contributed by atoms with van der Waals surface area (Å²) in [5, 5.41) is 3.01. The van der Waals surface area contributed by atoms with Gasteiger partial charge in [-0.15, -0.1) is 0 Å². The zero-order chi connectivity index (χ0) is 17.9. The van der Waals surface area contributed by atoms with Gasteiger partial charge in [0.2, 0.25) is 0 Å². The van der Waals surface area contributed by atoms with Crippen LogP contribution in [0.15, 0.2) is 77.9 Å². The summed E-state index contributed by atoms with van der Waals surface area (Å²) in [6.07, 6.45) is 1.53. The molecule has 0 atom stereocenters. The molecule has 0 amide bonds. The summed E-state index contributed by atoms with van der Waals surface area (Å²) in [6, 6.07) is 19.2. The smallest absolute Gasteiger partial charge is 0.280 e. The zero-order valence-corrected chi connectivity index (χ0v) is 13.8. The van der Waals surface area contributed by atoms with E-state index in [1.54, 1.807) is 24.3 Å². The minimum absolute atomic E-state index is 0.221.